The maximum atomic E-state index is 11.9. The summed E-state index contributed by atoms with van der Waals surface area (Å²) in [7, 11) is 0. The van der Waals surface area contributed by atoms with Crippen LogP contribution in [0.1, 0.15) is 5.56 Å². The first-order valence-electron chi connectivity index (χ1n) is 6.50. The van der Waals surface area contributed by atoms with Gasteiger partial charge in [0.2, 0.25) is 5.91 Å². The number of nitrogens with one attached hydrogen (secondary N) is 2. The standard InChI is InChI=1S/C15H14BrN3O3/c1-10-8-11(16)6-7-12(10)18-15(20)9-17-13-4-2-3-5-14(13)19(21)22/h2-8,17H,9H2,1H3,(H,18,20). The number of nitro benzene ring substituents is 1. The van der Waals surface area contributed by atoms with Crippen molar-refractivity contribution in [2.75, 3.05) is 17.2 Å². The second-order valence-corrected chi connectivity index (χ2v) is 5.55. The summed E-state index contributed by atoms with van der Waals surface area (Å²) >= 11 is 3.36. The van der Waals surface area contributed by atoms with E-state index in [4.69, 9.17) is 0 Å². The van der Waals surface area contributed by atoms with Crippen LogP contribution < -0.4 is 10.6 Å². The Morgan fingerprint density at radius 1 is 1.23 bits per heavy atom. The minimum Gasteiger partial charge on any atom is -0.371 e. The van der Waals surface area contributed by atoms with E-state index in [9.17, 15) is 14.9 Å². The molecule has 0 spiro atoms. The molecule has 6 nitrogen and oxygen atoms in total. The molecule has 2 aromatic carbocycles. The van der Waals surface area contributed by atoms with Crippen molar-refractivity contribution >= 4 is 38.9 Å². The van der Waals surface area contributed by atoms with Gasteiger partial charge in [0.1, 0.15) is 5.69 Å². The monoisotopic (exact) mass is 363 g/mol. The lowest BCUT2D eigenvalue weighted by Gasteiger charge is -2.10. The highest BCUT2D eigenvalue weighted by atomic mass is 79.9. The van der Waals surface area contributed by atoms with E-state index in [2.05, 4.69) is 26.6 Å². The van der Waals surface area contributed by atoms with Crippen LogP contribution in [-0.4, -0.2) is 17.4 Å². The predicted octanol–water partition coefficient (Wildman–Crippen LogP) is 3.72. The Morgan fingerprint density at radius 3 is 2.64 bits per heavy atom. The van der Waals surface area contributed by atoms with Gasteiger partial charge in [0.15, 0.2) is 0 Å². The third-order valence-corrected chi connectivity index (χ3v) is 3.50. The summed E-state index contributed by atoms with van der Waals surface area (Å²) in [6.07, 6.45) is 0. The van der Waals surface area contributed by atoms with E-state index < -0.39 is 4.92 Å². The van der Waals surface area contributed by atoms with Gasteiger partial charge in [-0.05, 0) is 36.8 Å². The molecule has 0 saturated carbocycles. The van der Waals surface area contributed by atoms with E-state index in [0.29, 0.717) is 11.4 Å². The second-order valence-electron chi connectivity index (χ2n) is 4.64. The fourth-order valence-electron chi connectivity index (χ4n) is 1.92. The zero-order valence-electron chi connectivity index (χ0n) is 11.8. The summed E-state index contributed by atoms with van der Waals surface area (Å²) < 4.78 is 0.932. The Hall–Kier alpha value is -2.41. The zero-order valence-corrected chi connectivity index (χ0v) is 13.4. The number of benzene rings is 2. The van der Waals surface area contributed by atoms with Gasteiger partial charge in [0, 0.05) is 16.2 Å². The lowest BCUT2D eigenvalue weighted by Crippen LogP contribution is -2.22. The Morgan fingerprint density at radius 2 is 1.95 bits per heavy atom. The van der Waals surface area contributed by atoms with Gasteiger partial charge in [-0.2, -0.15) is 0 Å². The molecule has 2 rings (SSSR count). The molecule has 0 aromatic heterocycles. The molecule has 0 fully saturated rings. The van der Waals surface area contributed by atoms with Crippen molar-refractivity contribution in [3.8, 4) is 0 Å². The van der Waals surface area contributed by atoms with Gasteiger partial charge >= 0.3 is 0 Å². The Kier molecular flexibility index (Phi) is 5.11. The molecular formula is C15H14BrN3O3. The fraction of sp³-hybridized carbons (Fsp3) is 0.133. The van der Waals surface area contributed by atoms with E-state index in [1.54, 1.807) is 24.3 Å². The minimum absolute atomic E-state index is 0.0552. The Bertz CT molecular complexity index is 719. The second kappa shape index (κ2) is 7.04. The molecule has 0 radical (unpaired) electrons. The van der Waals surface area contributed by atoms with Crippen LogP contribution in [-0.2, 0) is 4.79 Å². The van der Waals surface area contributed by atoms with E-state index in [-0.39, 0.29) is 18.1 Å². The van der Waals surface area contributed by atoms with Gasteiger partial charge in [-0.1, -0.05) is 28.1 Å². The lowest BCUT2D eigenvalue weighted by atomic mass is 10.2. The number of anilines is 2. The van der Waals surface area contributed by atoms with Crippen LogP contribution in [0.15, 0.2) is 46.9 Å². The van der Waals surface area contributed by atoms with Crippen LogP contribution in [0, 0.1) is 17.0 Å². The van der Waals surface area contributed by atoms with Crippen LogP contribution in [0.2, 0.25) is 0 Å². The Balaban J connectivity index is 2.00. The van der Waals surface area contributed by atoms with Crippen LogP contribution in [0.5, 0.6) is 0 Å². The number of amides is 1. The topological polar surface area (TPSA) is 84.3 Å². The van der Waals surface area contributed by atoms with E-state index in [1.165, 1.54) is 6.07 Å². The zero-order chi connectivity index (χ0) is 16.1. The molecule has 0 unspecified atom stereocenters. The van der Waals surface area contributed by atoms with Gasteiger partial charge in [0.25, 0.3) is 5.69 Å². The summed E-state index contributed by atoms with van der Waals surface area (Å²) in [4.78, 5) is 22.4. The van der Waals surface area contributed by atoms with Crippen molar-refractivity contribution in [2.24, 2.45) is 0 Å². The predicted molar refractivity (Wildman–Crippen MR) is 89.1 cm³/mol. The molecule has 0 atom stereocenters. The summed E-state index contributed by atoms with van der Waals surface area (Å²) in [6.45, 7) is 1.83. The van der Waals surface area contributed by atoms with Gasteiger partial charge in [-0.15, -0.1) is 0 Å². The van der Waals surface area contributed by atoms with Crippen LogP contribution in [0.3, 0.4) is 0 Å². The molecule has 2 N–H and O–H groups in total. The quantitative estimate of drug-likeness (QED) is 0.626. The Labute approximate surface area is 135 Å². The maximum Gasteiger partial charge on any atom is 0.292 e. The molecule has 0 heterocycles. The van der Waals surface area contributed by atoms with Crippen molar-refractivity contribution in [2.45, 2.75) is 6.92 Å². The fourth-order valence-corrected chi connectivity index (χ4v) is 2.40. The van der Waals surface area contributed by atoms with Gasteiger partial charge in [0.05, 0.1) is 11.5 Å². The van der Waals surface area contributed by atoms with E-state index >= 15 is 0 Å². The first kappa shape index (κ1) is 16.0. The number of hydrogen-bond acceptors (Lipinski definition) is 4. The highest BCUT2D eigenvalue weighted by molar-refractivity contribution is 9.10. The minimum atomic E-state index is -0.487. The van der Waals surface area contributed by atoms with Crippen molar-refractivity contribution in [3.63, 3.8) is 0 Å². The van der Waals surface area contributed by atoms with Gasteiger partial charge < -0.3 is 10.6 Å². The molecule has 0 bridgehead atoms. The highest BCUT2D eigenvalue weighted by Gasteiger charge is 2.13. The van der Waals surface area contributed by atoms with Crippen molar-refractivity contribution in [3.05, 3.63) is 62.6 Å². The molecule has 2 aromatic rings. The molecule has 114 valence electrons. The lowest BCUT2D eigenvalue weighted by molar-refractivity contribution is -0.383. The largest absolute Gasteiger partial charge is 0.371 e. The summed E-state index contributed by atoms with van der Waals surface area (Å²) in [6, 6.07) is 11.7. The van der Waals surface area contributed by atoms with Crippen molar-refractivity contribution in [1.82, 2.24) is 0 Å². The number of nitro groups is 1. The normalized spacial score (nSPS) is 10.1. The van der Waals surface area contributed by atoms with Crippen molar-refractivity contribution < 1.29 is 9.72 Å². The van der Waals surface area contributed by atoms with Crippen LogP contribution >= 0.6 is 15.9 Å². The molecule has 0 aliphatic carbocycles. The third kappa shape index (κ3) is 4.05. The first-order chi connectivity index (χ1) is 10.5. The van der Waals surface area contributed by atoms with E-state index in [0.717, 1.165) is 10.0 Å². The van der Waals surface area contributed by atoms with Crippen molar-refractivity contribution in [1.29, 1.82) is 0 Å². The first-order valence-corrected chi connectivity index (χ1v) is 7.30. The SMILES string of the molecule is Cc1cc(Br)ccc1NC(=O)CNc1ccccc1[N+](=O)[O-]. The number of para-hydroxylation sites is 2. The van der Waals surface area contributed by atoms with Crippen LogP contribution in [0.25, 0.3) is 0 Å². The van der Waals surface area contributed by atoms with Crippen LogP contribution in [0.4, 0.5) is 17.1 Å². The smallest absolute Gasteiger partial charge is 0.292 e. The van der Waals surface area contributed by atoms with E-state index in [1.807, 2.05) is 19.1 Å². The summed E-state index contributed by atoms with van der Waals surface area (Å²) in [5.41, 5.74) is 1.89. The number of rotatable bonds is 5. The molecule has 1 amide bonds. The third-order valence-electron chi connectivity index (χ3n) is 3.00. The average molecular weight is 364 g/mol. The number of carbonyl (C=O) groups excluding carboxylic acids is 1. The molecule has 22 heavy (non-hydrogen) atoms. The molecule has 0 aliphatic heterocycles. The molecule has 0 saturated heterocycles. The number of nitrogens with zero attached hydrogens (tertiary/aromatic N) is 1. The number of aryl methyl sites for hydroxylation is 1. The average Bonchev–Trinajstić information content (AvgIpc) is 2.48. The van der Waals surface area contributed by atoms with Gasteiger partial charge in [-0.25, -0.2) is 0 Å². The number of halogens is 1. The molecular weight excluding hydrogens is 350 g/mol. The number of hydrogen-bond donors (Lipinski definition) is 2. The van der Waals surface area contributed by atoms with Gasteiger partial charge in [-0.3, -0.25) is 14.9 Å². The maximum absolute atomic E-state index is 11.9. The number of carbonyl (C=O) groups is 1. The molecule has 7 heteroatoms. The molecule has 0 aliphatic rings. The summed E-state index contributed by atoms with van der Waals surface area (Å²) in [5.74, 6) is -0.274. The summed E-state index contributed by atoms with van der Waals surface area (Å²) in [5, 5.41) is 16.4. The highest BCUT2D eigenvalue weighted by Crippen LogP contribution is 2.23.